The van der Waals surface area contributed by atoms with Gasteiger partial charge in [0.25, 0.3) is 0 Å². The average molecular weight is 208 g/mol. The highest BCUT2D eigenvalue weighted by Crippen LogP contribution is 2.02. The third-order valence-corrected chi connectivity index (χ3v) is 1.71. The predicted octanol–water partition coefficient (Wildman–Crippen LogP) is 0.262. The SMILES string of the molecule is C=C1N=C(C)NN1C.C=C1N=CN(C)N1. The fraction of sp³-hybridized carbons (Fsp3) is 0.333. The Morgan fingerprint density at radius 2 is 1.93 bits per heavy atom. The van der Waals surface area contributed by atoms with Crippen LogP contribution in [0.4, 0.5) is 0 Å². The molecule has 0 bridgehead atoms. The Morgan fingerprint density at radius 3 is 2.07 bits per heavy atom. The minimum atomic E-state index is 0.697. The number of hydrogen-bond acceptors (Lipinski definition) is 6. The summed E-state index contributed by atoms with van der Waals surface area (Å²) in [6.07, 6.45) is 1.67. The lowest BCUT2D eigenvalue weighted by Crippen LogP contribution is -2.29. The lowest BCUT2D eigenvalue weighted by Gasteiger charge is -2.09. The normalized spacial score (nSPS) is 18.2. The number of aliphatic imine (C=N–C) groups is 2. The molecule has 0 saturated heterocycles. The van der Waals surface area contributed by atoms with Gasteiger partial charge in [0, 0.05) is 14.1 Å². The predicted molar refractivity (Wildman–Crippen MR) is 61.7 cm³/mol. The van der Waals surface area contributed by atoms with Crippen LogP contribution in [0.5, 0.6) is 0 Å². The van der Waals surface area contributed by atoms with E-state index in [0.717, 1.165) is 11.7 Å². The summed E-state index contributed by atoms with van der Waals surface area (Å²) < 4.78 is 0. The van der Waals surface area contributed by atoms with Crippen LogP contribution in [0.15, 0.2) is 34.8 Å². The fourth-order valence-electron chi connectivity index (χ4n) is 1.02. The van der Waals surface area contributed by atoms with Gasteiger partial charge in [-0.15, -0.1) is 0 Å². The molecule has 2 aliphatic rings. The van der Waals surface area contributed by atoms with Crippen LogP contribution in [-0.2, 0) is 0 Å². The zero-order valence-corrected chi connectivity index (χ0v) is 9.28. The molecule has 2 heterocycles. The molecular formula is C9H16N6. The van der Waals surface area contributed by atoms with E-state index in [1.807, 2.05) is 21.0 Å². The van der Waals surface area contributed by atoms with E-state index in [1.54, 1.807) is 16.4 Å². The van der Waals surface area contributed by atoms with E-state index in [0.29, 0.717) is 5.82 Å². The molecule has 0 radical (unpaired) electrons. The Morgan fingerprint density at radius 1 is 1.27 bits per heavy atom. The first kappa shape index (κ1) is 11.1. The van der Waals surface area contributed by atoms with E-state index in [4.69, 9.17) is 0 Å². The lowest BCUT2D eigenvalue weighted by atomic mass is 10.7. The summed E-state index contributed by atoms with van der Waals surface area (Å²) >= 11 is 0. The van der Waals surface area contributed by atoms with Crippen molar-refractivity contribution in [3.63, 3.8) is 0 Å². The van der Waals surface area contributed by atoms with Crippen molar-refractivity contribution in [1.29, 1.82) is 0 Å². The van der Waals surface area contributed by atoms with Crippen LogP contribution < -0.4 is 10.9 Å². The molecule has 0 unspecified atom stereocenters. The molecular weight excluding hydrogens is 192 g/mol. The van der Waals surface area contributed by atoms with Gasteiger partial charge in [0.2, 0.25) is 0 Å². The number of rotatable bonds is 0. The summed E-state index contributed by atoms with van der Waals surface area (Å²) in [5, 5.41) is 3.51. The van der Waals surface area contributed by atoms with Crippen LogP contribution >= 0.6 is 0 Å². The van der Waals surface area contributed by atoms with Gasteiger partial charge in [0.1, 0.15) is 23.8 Å². The van der Waals surface area contributed by atoms with Crippen molar-refractivity contribution in [2.24, 2.45) is 9.98 Å². The first-order chi connectivity index (χ1) is 6.99. The minimum absolute atomic E-state index is 0.697. The van der Waals surface area contributed by atoms with Crippen molar-refractivity contribution in [2.75, 3.05) is 14.1 Å². The van der Waals surface area contributed by atoms with E-state index in [9.17, 15) is 0 Å². The van der Waals surface area contributed by atoms with Crippen LogP contribution in [0.25, 0.3) is 0 Å². The summed E-state index contributed by atoms with van der Waals surface area (Å²) in [5.41, 5.74) is 5.78. The molecule has 0 spiro atoms. The number of nitrogens with zero attached hydrogens (tertiary/aromatic N) is 4. The van der Waals surface area contributed by atoms with Gasteiger partial charge in [-0.2, -0.15) is 0 Å². The van der Waals surface area contributed by atoms with Crippen LogP contribution in [0, 0.1) is 0 Å². The van der Waals surface area contributed by atoms with Crippen LogP contribution in [-0.4, -0.2) is 36.3 Å². The van der Waals surface area contributed by atoms with Crippen molar-refractivity contribution in [3.05, 3.63) is 24.8 Å². The number of nitrogens with one attached hydrogen (secondary N) is 2. The Kier molecular flexibility index (Phi) is 3.33. The first-order valence-electron chi connectivity index (χ1n) is 4.46. The number of hydrogen-bond donors (Lipinski definition) is 2. The molecule has 2 rings (SSSR count). The summed E-state index contributed by atoms with van der Waals surface area (Å²) in [7, 11) is 3.74. The van der Waals surface area contributed by atoms with Crippen molar-refractivity contribution in [3.8, 4) is 0 Å². The van der Waals surface area contributed by atoms with E-state index >= 15 is 0 Å². The zero-order valence-electron chi connectivity index (χ0n) is 9.28. The second-order valence-corrected chi connectivity index (χ2v) is 3.20. The van der Waals surface area contributed by atoms with E-state index in [1.165, 1.54) is 0 Å². The molecule has 0 atom stereocenters. The van der Waals surface area contributed by atoms with Crippen LogP contribution in [0.2, 0.25) is 0 Å². The van der Waals surface area contributed by atoms with Crippen molar-refractivity contribution < 1.29 is 0 Å². The van der Waals surface area contributed by atoms with Gasteiger partial charge in [-0.05, 0) is 6.92 Å². The lowest BCUT2D eigenvalue weighted by molar-refractivity contribution is 0.395. The standard InChI is InChI=1S/C5H9N3.C4H7N3/c1-4-6-5(2)8(3)7-4;1-4-5-3-7(2)6-4/h2H2,1,3H3,(H,6,7);3,6H,1H2,2H3. The molecule has 0 fully saturated rings. The molecule has 2 N–H and O–H groups in total. The van der Waals surface area contributed by atoms with Gasteiger partial charge in [-0.1, -0.05) is 13.2 Å². The van der Waals surface area contributed by atoms with Gasteiger partial charge in [-0.25, -0.2) is 9.98 Å². The topological polar surface area (TPSA) is 55.3 Å². The molecule has 2 aliphatic heterocycles. The molecule has 0 aromatic heterocycles. The highest BCUT2D eigenvalue weighted by atomic mass is 15.6. The fourth-order valence-corrected chi connectivity index (χ4v) is 1.02. The summed E-state index contributed by atoms with van der Waals surface area (Å²) in [5.74, 6) is 2.36. The average Bonchev–Trinajstić information content (AvgIpc) is 2.61. The second-order valence-electron chi connectivity index (χ2n) is 3.20. The maximum absolute atomic E-state index is 4.01. The Bertz CT molecular complexity index is 329. The number of amidine groups is 1. The Balaban J connectivity index is 0.000000151. The highest BCUT2D eigenvalue weighted by Gasteiger charge is 2.07. The molecule has 0 aliphatic carbocycles. The summed E-state index contributed by atoms with van der Waals surface area (Å²) in [6.45, 7) is 9.11. The Labute approximate surface area is 89.6 Å². The zero-order chi connectivity index (χ0) is 11.4. The van der Waals surface area contributed by atoms with Crippen molar-refractivity contribution in [1.82, 2.24) is 20.9 Å². The highest BCUT2D eigenvalue weighted by molar-refractivity contribution is 5.81. The van der Waals surface area contributed by atoms with Crippen LogP contribution in [0.3, 0.4) is 0 Å². The van der Waals surface area contributed by atoms with Crippen molar-refractivity contribution >= 4 is 12.2 Å². The Hall–Kier alpha value is -1.98. The smallest absolute Gasteiger partial charge is 0.141 e. The molecule has 0 amide bonds. The van der Waals surface area contributed by atoms with E-state index in [-0.39, 0.29) is 0 Å². The first-order valence-corrected chi connectivity index (χ1v) is 4.46. The van der Waals surface area contributed by atoms with Crippen LogP contribution in [0.1, 0.15) is 6.92 Å². The summed E-state index contributed by atoms with van der Waals surface area (Å²) in [6, 6.07) is 0. The molecule has 6 nitrogen and oxygen atoms in total. The third-order valence-electron chi connectivity index (χ3n) is 1.71. The molecule has 0 saturated carbocycles. The van der Waals surface area contributed by atoms with E-state index < -0.39 is 0 Å². The van der Waals surface area contributed by atoms with Gasteiger partial charge in [-0.3, -0.25) is 20.9 Å². The number of hydrazine groups is 2. The van der Waals surface area contributed by atoms with E-state index in [2.05, 4.69) is 34.0 Å². The summed E-state index contributed by atoms with van der Waals surface area (Å²) in [4.78, 5) is 7.82. The molecule has 82 valence electrons. The van der Waals surface area contributed by atoms with Gasteiger partial charge in [0.05, 0.1) is 0 Å². The van der Waals surface area contributed by atoms with Gasteiger partial charge >= 0.3 is 0 Å². The largest absolute Gasteiger partial charge is 0.284 e. The molecule has 0 aromatic rings. The minimum Gasteiger partial charge on any atom is -0.284 e. The maximum atomic E-state index is 4.01. The second kappa shape index (κ2) is 4.50. The van der Waals surface area contributed by atoms with Gasteiger partial charge < -0.3 is 0 Å². The van der Waals surface area contributed by atoms with Crippen molar-refractivity contribution in [2.45, 2.75) is 6.92 Å². The third kappa shape index (κ3) is 3.34. The maximum Gasteiger partial charge on any atom is 0.141 e. The molecule has 0 aromatic carbocycles. The monoisotopic (exact) mass is 208 g/mol. The van der Waals surface area contributed by atoms with Gasteiger partial charge in [0.15, 0.2) is 0 Å². The molecule has 15 heavy (non-hydrogen) atoms. The molecule has 6 heteroatoms. The quantitative estimate of drug-likeness (QED) is 0.599.